The van der Waals surface area contributed by atoms with Crippen LogP contribution in [0.3, 0.4) is 0 Å². The van der Waals surface area contributed by atoms with Gasteiger partial charge in [0.25, 0.3) is 0 Å². The number of carbonyl (C=O) groups is 2. The van der Waals surface area contributed by atoms with Crippen LogP contribution in [0, 0.1) is 0 Å². The van der Waals surface area contributed by atoms with Crippen molar-refractivity contribution in [1.82, 2.24) is 0 Å². The summed E-state index contributed by atoms with van der Waals surface area (Å²) in [6.45, 7) is 0. The van der Waals surface area contributed by atoms with Gasteiger partial charge in [0.05, 0.1) is 6.42 Å². The standard InChI is InChI=1S/C9H8O4.C5H5.Fe/c10-7(5-8(11)9(12)13)6-3-1-2-4-6;1-2-4-5-3-1;/h1-4,10H,5H2,(H,12,13);1-5H;/q;-1;. The predicted molar refractivity (Wildman–Crippen MR) is 67.2 cm³/mol. The molecule has 2 rings (SSSR count). The van der Waals surface area contributed by atoms with E-state index in [4.69, 9.17) is 5.11 Å². The number of hydrogen-bond acceptors (Lipinski definition) is 3. The number of allylic oxidation sites excluding steroid dienone is 6. The Labute approximate surface area is 121 Å². The molecular formula is C14H13FeO4-. The van der Waals surface area contributed by atoms with Crippen LogP contribution in [-0.2, 0) is 26.7 Å². The second-order valence-electron chi connectivity index (χ2n) is 3.49. The predicted octanol–water partition coefficient (Wildman–Crippen LogP) is 2.37. The van der Waals surface area contributed by atoms with E-state index in [1.807, 2.05) is 30.3 Å². The largest absolute Gasteiger partial charge is 0.511 e. The first-order valence-corrected chi connectivity index (χ1v) is 5.31. The average molecular weight is 301 g/mol. The average Bonchev–Trinajstić information content (AvgIpc) is 3.05. The van der Waals surface area contributed by atoms with Gasteiger partial charge in [0, 0.05) is 22.6 Å². The second-order valence-corrected chi connectivity index (χ2v) is 3.49. The molecule has 0 bridgehead atoms. The van der Waals surface area contributed by atoms with Crippen LogP contribution >= 0.6 is 0 Å². The van der Waals surface area contributed by atoms with E-state index < -0.39 is 18.2 Å². The summed E-state index contributed by atoms with van der Waals surface area (Å²) in [6, 6.07) is 10.0. The maximum absolute atomic E-state index is 10.7. The SMILES string of the molecule is O=C(O)C(=O)CC(O)=C1C=CC=C1.[Fe].c1cc[cH-]c1. The van der Waals surface area contributed by atoms with Gasteiger partial charge in [-0.05, 0) is 0 Å². The van der Waals surface area contributed by atoms with E-state index in [1.165, 1.54) is 0 Å². The van der Waals surface area contributed by atoms with Gasteiger partial charge >= 0.3 is 5.97 Å². The van der Waals surface area contributed by atoms with Crippen molar-refractivity contribution in [1.29, 1.82) is 0 Å². The topological polar surface area (TPSA) is 74.6 Å². The number of carboxylic acids is 1. The van der Waals surface area contributed by atoms with Crippen molar-refractivity contribution in [2.75, 3.05) is 0 Å². The summed E-state index contributed by atoms with van der Waals surface area (Å²) in [5.74, 6) is -2.76. The third-order valence-electron chi connectivity index (χ3n) is 2.12. The minimum absolute atomic E-state index is 0. The van der Waals surface area contributed by atoms with Crippen molar-refractivity contribution < 1.29 is 36.9 Å². The zero-order chi connectivity index (χ0) is 13.4. The fourth-order valence-electron chi connectivity index (χ4n) is 1.22. The molecule has 1 aliphatic rings. The Kier molecular flexibility index (Phi) is 8.09. The molecule has 0 heterocycles. The number of hydrogen-bond donors (Lipinski definition) is 2. The quantitative estimate of drug-likeness (QED) is 0.389. The number of rotatable bonds is 3. The van der Waals surface area contributed by atoms with E-state index in [-0.39, 0.29) is 22.8 Å². The Morgan fingerprint density at radius 2 is 1.58 bits per heavy atom. The molecule has 1 aromatic rings. The summed E-state index contributed by atoms with van der Waals surface area (Å²) < 4.78 is 0. The van der Waals surface area contributed by atoms with Crippen molar-refractivity contribution in [3.63, 3.8) is 0 Å². The molecule has 1 aliphatic carbocycles. The molecule has 0 atom stereocenters. The smallest absolute Gasteiger partial charge is 0.372 e. The monoisotopic (exact) mass is 301 g/mol. The Bertz CT molecular complexity index is 464. The molecule has 4 nitrogen and oxygen atoms in total. The molecular weight excluding hydrogens is 288 g/mol. The van der Waals surface area contributed by atoms with E-state index in [2.05, 4.69) is 0 Å². The summed E-state index contributed by atoms with van der Waals surface area (Å²) in [7, 11) is 0. The van der Waals surface area contributed by atoms with Crippen LogP contribution in [0.2, 0.25) is 0 Å². The molecule has 0 aliphatic heterocycles. The summed E-state index contributed by atoms with van der Waals surface area (Å²) in [6.07, 6.45) is 6.13. The van der Waals surface area contributed by atoms with Gasteiger partial charge in [-0.1, -0.05) is 24.3 Å². The first-order chi connectivity index (χ1) is 8.61. The van der Waals surface area contributed by atoms with E-state index in [0.717, 1.165) is 0 Å². The molecule has 0 spiro atoms. The summed E-state index contributed by atoms with van der Waals surface area (Å²) in [5.41, 5.74) is 0.481. The van der Waals surface area contributed by atoms with Crippen LogP contribution in [0.1, 0.15) is 6.42 Å². The first-order valence-electron chi connectivity index (χ1n) is 5.31. The van der Waals surface area contributed by atoms with Gasteiger partial charge in [0.2, 0.25) is 5.78 Å². The molecule has 0 saturated heterocycles. The van der Waals surface area contributed by atoms with Crippen LogP contribution in [0.15, 0.2) is 66.0 Å². The van der Waals surface area contributed by atoms with Crippen LogP contribution in [0.25, 0.3) is 0 Å². The molecule has 2 N–H and O–H groups in total. The van der Waals surface area contributed by atoms with Gasteiger partial charge < -0.3 is 10.2 Å². The van der Waals surface area contributed by atoms with Crippen LogP contribution in [-0.4, -0.2) is 22.0 Å². The maximum Gasteiger partial charge on any atom is 0.372 e. The van der Waals surface area contributed by atoms with Crippen molar-refractivity contribution in [2.45, 2.75) is 6.42 Å². The molecule has 102 valence electrons. The molecule has 0 amide bonds. The van der Waals surface area contributed by atoms with E-state index in [9.17, 15) is 14.7 Å². The van der Waals surface area contributed by atoms with Crippen LogP contribution < -0.4 is 0 Å². The van der Waals surface area contributed by atoms with Crippen LogP contribution in [0.5, 0.6) is 0 Å². The van der Waals surface area contributed by atoms with Crippen molar-refractivity contribution in [3.8, 4) is 0 Å². The number of carboxylic acid groups (broad SMARTS) is 1. The zero-order valence-corrected chi connectivity index (χ0v) is 11.1. The van der Waals surface area contributed by atoms with E-state index in [1.54, 1.807) is 24.3 Å². The number of aliphatic hydroxyl groups excluding tert-OH is 1. The van der Waals surface area contributed by atoms with Gasteiger partial charge in [-0.25, -0.2) is 16.9 Å². The first kappa shape index (κ1) is 17.0. The van der Waals surface area contributed by atoms with Gasteiger partial charge in [-0.15, -0.1) is 0 Å². The number of carbonyl (C=O) groups excluding carboxylic acids is 1. The number of Topliss-reactive ketones (excluding diaryl/α,β-unsaturated/α-hetero) is 1. The molecule has 0 unspecified atom stereocenters. The Morgan fingerprint density at radius 1 is 1.05 bits per heavy atom. The third kappa shape index (κ3) is 6.50. The minimum atomic E-state index is -1.53. The maximum atomic E-state index is 10.7. The van der Waals surface area contributed by atoms with E-state index >= 15 is 0 Å². The summed E-state index contributed by atoms with van der Waals surface area (Å²) >= 11 is 0. The van der Waals surface area contributed by atoms with Gasteiger partial charge in [-0.3, -0.25) is 4.79 Å². The number of aliphatic carboxylic acids is 1. The van der Waals surface area contributed by atoms with Crippen molar-refractivity contribution in [3.05, 3.63) is 66.0 Å². The number of ketones is 1. The Morgan fingerprint density at radius 3 is 1.95 bits per heavy atom. The Hall–Kier alpha value is -1.97. The fourth-order valence-corrected chi connectivity index (χ4v) is 1.22. The molecule has 1 aromatic carbocycles. The summed E-state index contributed by atoms with van der Waals surface area (Å²) in [5, 5.41) is 17.5. The van der Waals surface area contributed by atoms with Crippen molar-refractivity contribution in [2.24, 2.45) is 0 Å². The van der Waals surface area contributed by atoms with Crippen LogP contribution in [0.4, 0.5) is 0 Å². The number of aliphatic hydroxyl groups is 1. The molecule has 0 aromatic heterocycles. The molecule has 19 heavy (non-hydrogen) atoms. The van der Waals surface area contributed by atoms with Crippen molar-refractivity contribution >= 4 is 11.8 Å². The van der Waals surface area contributed by atoms with Gasteiger partial charge in [0.15, 0.2) is 0 Å². The summed E-state index contributed by atoms with van der Waals surface area (Å²) in [4.78, 5) is 20.8. The molecule has 5 heteroatoms. The fraction of sp³-hybridized carbons (Fsp3) is 0.0714. The minimum Gasteiger partial charge on any atom is -0.511 e. The van der Waals surface area contributed by atoms with Gasteiger partial charge in [-0.2, -0.15) is 18.2 Å². The Balaban J connectivity index is 0.000000454. The second kappa shape index (κ2) is 9.03. The normalized spacial score (nSPS) is 11.3. The van der Waals surface area contributed by atoms with Gasteiger partial charge in [0.1, 0.15) is 5.76 Å². The molecule has 0 radical (unpaired) electrons. The zero-order valence-electron chi connectivity index (χ0n) is 9.97. The molecule has 0 saturated carbocycles. The third-order valence-corrected chi connectivity index (χ3v) is 2.12. The molecule has 0 fully saturated rings. The van der Waals surface area contributed by atoms with E-state index in [0.29, 0.717) is 5.57 Å².